The maximum absolute atomic E-state index is 13.4. The Kier molecular flexibility index (Phi) is 5.36. The van der Waals surface area contributed by atoms with E-state index in [0.717, 1.165) is 30.7 Å². The normalized spacial score (nSPS) is 27.8. The lowest BCUT2D eigenvalue weighted by Crippen LogP contribution is -2.62. The van der Waals surface area contributed by atoms with Crippen LogP contribution in [-0.4, -0.2) is 30.6 Å². The zero-order valence-corrected chi connectivity index (χ0v) is 13.4. The lowest BCUT2D eigenvalue weighted by Gasteiger charge is -2.49. The van der Waals surface area contributed by atoms with Crippen LogP contribution in [0.4, 0.5) is 4.39 Å². The van der Waals surface area contributed by atoms with Crippen LogP contribution in [0, 0.1) is 11.7 Å². The number of hydrogen-bond acceptors (Lipinski definition) is 3. The van der Waals surface area contributed by atoms with Crippen molar-refractivity contribution in [3.63, 3.8) is 0 Å². The fourth-order valence-corrected chi connectivity index (χ4v) is 3.67. The Morgan fingerprint density at radius 2 is 2.05 bits per heavy atom. The number of nitrogens with zero attached hydrogens (tertiary/aromatic N) is 1. The van der Waals surface area contributed by atoms with Crippen molar-refractivity contribution in [3.8, 4) is 0 Å². The van der Waals surface area contributed by atoms with Crippen molar-refractivity contribution >= 4 is 0 Å². The molecule has 1 saturated carbocycles. The monoisotopic (exact) mass is 293 g/mol. The van der Waals surface area contributed by atoms with Crippen LogP contribution in [0.2, 0.25) is 0 Å². The number of likely N-dealkylation sites (N-methyl/N-ethyl adjacent to an activating group) is 1. The summed E-state index contributed by atoms with van der Waals surface area (Å²) in [6.07, 6.45) is 5.45. The highest BCUT2D eigenvalue weighted by Crippen LogP contribution is 2.38. The number of rotatable bonds is 5. The number of nitrogens with two attached hydrogens (primary N) is 1. The summed E-state index contributed by atoms with van der Waals surface area (Å²) in [6, 6.07) is 6.96. The number of hydrazine groups is 1. The smallest absolute Gasteiger partial charge is 0.123 e. The summed E-state index contributed by atoms with van der Waals surface area (Å²) in [5.41, 5.74) is 4.06. The predicted molar refractivity (Wildman–Crippen MR) is 85.3 cm³/mol. The molecule has 1 atom stereocenters. The minimum absolute atomic E-state index is 0.0492. The van der Waals surface area contributed by atoms with Crippen molar-refractivity contribution < 1.29 is 4.39 Å². The van der Waals surface area contributed by atoms with Crippen LogP contribution in [0.25, 0.3) is 0 Å². The molecule has 1 aliphatic carbocycles. The second kappa shape index (κ2) is 6.86. The molecule has 4 heteroatoms. The molecule has 0 amide bonds. The molecule has 0 aromatic heterocycles. The van der Waals surface area contributed by atoms with Crippen LogP contribution in [0.1, 0.15) is 38.2 Å². The third kappa shape index (κ3) is 3.62. The summed E-state index contributed by atoms with van der Waals surface area (Å²) in [7, 11) is 4.26. The Labute approximate surface area is 127 Å². The van der Waals surface area contributed by atoms with Gasteiger partial charge in [0.2, 0.25) is 0 Å². The molecule has 3 nitrogen and oxygen atoms in total. The van der Waals surface area contributed by atoms with E-state index in [2.05, 4.69) is 31.3 Å². The number of benzene rings is 1. The SMILES string of the molecule is CC1CCC(C(Cc2cccc(F)c2)NN)(N(C)C)CC1. The molecule has 1 aliphatic rings. The molecule has 0 radical (unpaired) electrons. The summed E-state index contributed by atoms with van der Waals surface area (Å²) in [5, 5.41) is 0. The first kappa shape index (κ1) is 16.4. The van der Waals surface area contributed by atoms with Crippen LogP contribution in [0.15, 0.2) is 24.3 Å². The standard InChI is InChI=1S/C17H28FN3/c1-13-7-9-17(10-8-13,21(2)3)16(20-19)12-14-5-4-6-15(18)11-14/h4-6,11,13,16,20H,7-10,12,19H2,1-3H3. The van der Waals surface area contributed by atoms with E-state index < -0.39 is 0 Å². The third-order valence-electron chi connectivity index (χ3n) is 5.21. The van der Waals surface area contributed by atoms with Crippen molar-refractivity contribution in [2.45, 2.75) is 50.6 Å². The van der Waals surface area contributed by atoms with Crippen LogP contribution < -0.4 is 11.3 Å². The molecule has 0 bridgehead atoms. The lowest BCUT2D eigenvalue weighted by atomic mass is 9.71. The summed E-state index contributed by atoms with van der Waals surface area (Å²) in [6.45, 7) is 2.32. The highest BCUT2D eigenvalue weighted by Gasteiger charge is 2.42. The van der Waals surface area contributed by atoms with Gasteiger partial charge in [-0.15, -0.1) is 0 Å². The van der Waals surface area contributed by atoms with E-state index in [1.165, 1.54) is 18.9 Å². The van der Waals surface area contributed by atoms with E-state index in [1.807, 2.05) is 6.07 Å². The van der Waals surface area contributed by atoms with Crippen molar-refractivity contribution in [1.29, 1.82) is 0 Å². The molecule has 0 aliphatic heterocycles. The zero-order valence-electron chi connectivity index (χ0n) is 13.4. The number of nitrogens with one attached hydrogen (secondary N) is 1. The van der Waals surface area contributed by atoms with Gasteiger partial charge in [0.25, 0.3) is 0 Å². The molecule has 2 rings (SSSR count). The molecule has 1 aromatic rings. The Balaban J connectivity index is 2.20. The molecule has 1 fully saturated rings. The van der Waals surface area contributed by atoms with E-state index >= 15 is 0 Å². The zero-order chi connectivity index (χ0) is 15.5. The van der Waals surface area contributed by atoms with E-state index in [0.29, 0.717) is 0 Å². The van der Waals surface area contributed by atoms with Crippen molar-refractivity contribution in [3.05, 3.63) is 35.6 Å². The summed E-state index contributed by atoms with van der Waals surface area (Å²) in [4.78, 5) is 2.31. The summed E-state index contributed by atoms with van der Waals surface area (Å²) in [5.74, 6) is 6.48. The fraction of sp³-hybridized carbons (Fsp3) is 0.647. The Morgan fingerprint density at radius 1 is 1.38 bits per heavy atom. The average molecular weight is 293 g/mol. The van der Waals surface area contributed by atoms with Crippen LogP contribution in [0.3, 0.4) is 0 Å². The molecular formula is C17H28FN3. The van der Waals surface area contributed by atoms with Crippen LogP contribution >= 0.6 is 0 Å². The Hall–Kier alpha value is -0.970. The second-order valence-electron chi connectivity index (χ2n) is 6.73. The van der Waals surface area contributed by atoms with Crippen molar-refractivity contribution in [2.75, 3.05) is 14.1 Å². The minimum atomic E-state index is -0.181. The van der Waals surface area contributed by atoms with Gasteiger partial charge in [-0.2, -0.15) is 0 Å². The van der Waals surface area contributed by atoms with E-state index in [-0.39, 0.29) is 17.4 Å². The third-order valence-corrected chi connectivity index (χ3v) is 5.21. The summed E-state index contributed by atoms with van der Waals surface area (Å²) < 4.78 is 13.4. The number of hydrogen-bond donors (Lipinski definition) is 2. The molecule has 3 N–H and O–H groups in total. The molecule has 1 unspecified atom stereocenters. The summed E-state index contributed by atoms with van der Waals surface area (Å²) >= 11 is 0. The second-order valence-corrected chi connectivity index (χ2v) is 6.73. The predicted octanol–water partition coefficient (Wildman–Crippen LogP) is 2.71. The fourth-order valence-electron chi connectivity index (χ4n) is 3.67. The van der Waals surface area contributed by atoms with Gasteiger partial charge in [0.1, 0.15) is 5.82 Å². The van der Waals surface area contributed by atoms with E-state index in [4.69, 9.17) is 5.84 Å². The maximum Gasteiger partial charge on any atom is 0.123 e. The average Bonchev–Trinajstić information content (AvgIpc) is 2.46. The van der Waals surface area contributed by atoms with Gasteiger partial charge >= 0.3 is 0 Å². The van der Waals surface area contributed by atoms with Gasteiger partial charge < -0.3 is 4.90 Å². The first-order valence-corrected chi connectivity index (χ1v) is 7.86. The topological polar surface area (TPSA) is 41.3 Å². The van der Waals surface area contributed by atoms with E-state index in [1.54, 1.807) is 12.1 Å². The highest BCUT2D eigenvalue weighted by molar-refractivity contribution is 5.19. The van der Waals surface area contributed by atoms with Crippen molar-refractivity contribution in [1.82, 2.24) is 10.3 Å². The molecule has 21 heavy (non-hydrogen) atoms. The van der Waals surface area contributed by atoms with Gasteiger partial charge in [-0.1, -0.05) is 19.1 Å². The van der Waals surface area contributed by atoms with Gasteiger partial charge in [-0.3, -0.25) is 11.3 Å². The largest absolute Gasteiger partial charge is 0.302 e. The first-order valence-electron chi connectivity index (χ1n) is 7.86. The lowest BCUT2D eigenvalue weighted by molar-refractivity contribution is 0.0434. The molecule has 0 saturated heterocycles. The molecule has 0 heterocycles. The molecular weight excluding hydrogens is 265 g/mol. The minimum Gasteiger partial charge on any atom is -0.302 e. The van der Waals surface area contributed by atoms with Gasteiger partial charge in [0, 0.05) is 11.6 Å². The van der Waals surface area contributed by atoms with Crippen molar-refractivity contribution in [2.24, 2.45) is 11.8 Å². The first-order chi connectivity index (χ1) is 9.98. The van der Waals surface area contributed by atoms with Gasteiger partial charge in [0.05, 0.1) is 0 Å². The highest BCUT2D eigenvalue weighted by atomic mass is 19.1. The van der Waals surface area contributed by atoms with Gasteiger partial charge in [-0.25, -0.2) is 4.39 Å². The van der Waals surface area contributed by atoms with Gasteiger partial charge in [0.15, 0.2) is 0 Å². The Morgan fingerprint density at radius 3 is 2.57 bits per heavy atom. The quantitative estimate of drug-likeness (QED) is 0.648. The number of halogens is 1. The maximum atomic E-state index is 13.4. The molecule has 0 spiro atoms. The van der Waals surface area contributed by atoms with E-state index in [9.17, 15) is 4.39 Å². The molecule has 1 aromatic carbocycles. The van der Waals surface area contributed by atoms with Crippen LogP contribution in [0.5, 0.6) is 0 Å². The van der Waals surface area contributed by atoms with Gasteiger partial charge in [-0.05, 0) is 69.8 Å². The molecule has 118 valence electrons. The van der Waals surface area contributed by atoms with Crippen LogP contribution in [-0.2, 0) is 6.42 Å². The Bertz CT molecular complexity index is 453.